The van der Waals surface area contributed by atoms with Gasteiger partial charge in [0.25, 0.3) is 11.8 Å². The maximum Gasteiger partial charge on any atom is 0.326 e. The monoisotopic (exact) mass is 484 g/mol. The molecule has 0 radical (unpaired) electrons. The molecule has 0 saturated carbocycles. The Morgan fingerprint density at radius 1 is 0.906 bits per heavy atom. The lowest BCUT2D eigenvalue weighted by molar-refractivity contribution is -0.152. The summed E-state index contributed by atoms with van der Waals surface area (Å²) in [6.07, 6.45) is -1.13. The van der Waals surface area contributed by atoms with Crippen molar-refractivity contribution in [3.8, 4) is 17.2 Å². The number of esters is 1. The van der Waals surface area contributed by atoms with Crippen LogP contribution in [0.5, 0.6) is 17.2 Å². The molecule has 0 fully saturated rings. The molecule has 2 aromatic carbocycles. The van der Waals surface area contributed by atoms with Gasteiger partial charge in [-0.25, -0.2) is 0 Å². The summed E-state index contributed by atoms with van der Waals surface area (Å²) in [6, 6.07) is 7.39. The smallest absolute Gasteiger partial charge is 0.326 e. The lowest BCUT2D eigenvalue weighted by Crippen LogP contribution is -2.35. The number of amides is 2. The van der Waals surface area contributed by atoms with Crippen LogP contribution in [0.3, 0.4) is 0 Å². The zero-order valence-electron chi connectivity index (χ0n) is 17.8. The molecule has 0 spiro atoms. The lowest BCUT2D eigenvalue weighted by atomic mass is 10.1. The molecule has 0 aliphatic rings. The van der Waals surface area contributed by atoms with Gasteiger partial charge in [0, 0.05) is 21.3 Å². The third-order valence-electron chi connectivity index (χ3n) is 4.13. The van der Waals surface area contributed by atoms with Crippen molar-refractivity contribution in [1.82, 2.24) is 5.32 Å². The van der Waals surface area contributed by atoms with E-state index in [1.54, 1.807) is 0 Å². The Morgan fingerprint density at radius 2 is 1.47 bits per heavy atom. The fourth-order valence-corrected chi connectivity index (χ4v) is 3.15. The van der Waals surface area contributed by atoms with E-state index in [-0.39, 0.29) is 17.1 Å². The molecule has 0 aliphatic heterocycles. The third-order valence-corrected chi connectivity index (χ3v) is 4.56. The molecule has 9 nitrogen and oxygen atoms in total. The molecule has 1 unspecified atom stereocenters. The summed E-state index contributed by atoms with van der Waals surface area (Å²) in [4.78, 5) is 36.7. The Morgan fingerprint density at radius 3 is 1.97 bits per heavy atom. The second-order valence-corrected chi connectivity index (χ2v) is 7.25. The zero-order chi connectivity index (χ0) is 23.8. The number of anilines is 1. The standard InChI is InChI=1S/C21H22Cl2N2O7/c1-11(20(27)25-15-8-13(22)7-14(23)9-15)32-18(26)10-24-21(28)12-5-16(29-2)19(31-4)17(6-12)30-3/h5-9,11H,10H2,1-4H3,(H,24,28)(H,25,27). The number of hydrogen-bond donors (Lipinski definition) is 2. The van der Waals surface area contributed by atoms with Gasteiger partial charge in [0.2, 0.25) is 5.75 Å². The Bertz CT molecular complexity index is 968. The third kappa shape index (κ3) is 6.66. The highest BCUT2D eigenvalue weighted by atomic mass is 35.5. The molecule has 11 heteroatoms. The van der Waals surface area contributed by atoms with Crippen molar-refractivity contribution >= 4 is 46.7 Å². The highest BCUT2D eigenvalue weighted by molar-refractivity contribution is 6.35. The number of rotatable bonds is 9. The normalized spacial score (nSPS) is 11.2. The minimum absolute atomic E-state index is 0.177. The summed E-state index contributed by atoms with van der Waals surface area (Å²) in [5.74, 6) is -1.08. The summed E-state index contributed by atoms with van der Waals surface area (Å²) in [6.45, 7) is 0.927. The molecule has 0 aliphatic carbocycles. The van der Waals surface area contributed by atoms with Crippen molar-refractivity contribution in [3.63, 3.8) is 0 Å². The minimum atomic E-state index is -1.13. The van der Waals surface area contributed by atoms with Crippen LogP contribution in [0.4, 0.5) is 5.69 Å². The van der Waals surface area contributed by atoms with Gasteiger partial charge in [0.1, 0.15) is 6.54 Å². The first kappa shape index (κ1) is 25.1. The molecule has 0 aromatic heterocycles. The van der Waals surface area contributed by atoms with E-state index in [4.69, 9.17) is 42.1 Å². The second kappa shape index (κ2) is 11.4. The van der Waals surface area contributed by atoms with E-state index in [9.17, 15) is 14.4 Å². The molecule has 172 valence electrons. The molecule has 32 heavy (non-hydrogen) atoms. The lowest BCUT2D eigenvalue weighted by Gasteiger charge is -2.15. The number of ether oxygens (including phenoxy) is 4. The van der Waals surface area contributed by atoms with E-state index in [1.807, 2.05) is 0 Å². The molecule has 0 bridgehead atoms. The van der Waals surface area contributed by atoms with E-state index in [2.05, 4.69) is 10.6 Å². The topological polar surface area (TPSA) is 112 Å². The fourth-order valence-electron chi connectivity index (χ4n) is 2.63. The number of methoxy groups -OCH3 is 3. The fraction of sp³-hybridized carbons (Fsp3) is 0.286. The van der Waals surface area contributed by atoms with Gasteiger partial charge in [-0.3, -0.25) is 14.4 Å². The maximum absolute atomic E-state index is 12.4. The van der Waals surface area contributed by atoms with Gasteiger partial charge < -0.3 is 29.6 Å². The number of carbonyl (C=O) groups excluding carboxylic acids is 3. The number of benzene rings is 2. The quantitative estimate of drug-likeness (QED) is 0.524. The van der Waals surface area contributed by atoms with Gasteiger partial charge in [0.15, 0.2) is 17.6 Å². The Balaban J connectivity index is 1.94. The van der Waals surface area contributed by atoms with E-state index in [0.29, 0.717) is 21.5 Å². The summed E-state index contributed by atoms with van der Waals surface area (Å²) >= 11 is 11.8. The van der Waals surface area contributed by atoms with Crippen LogP contribution in [0.2, 0.25) is 10.0 Å². The Kier molecular flexibility index (Phi) is 8.98. The van der Waals surface area contributed by atoms with Crippen LogP contribution in [-0.4, -0.2) is 51.8 Å². The average molecular weight is 485 g/mol. The maximum atomic E-state index is 12.4. The van der Waals surface area contributed by atoms with Crippen molar-refractivity contribution < 1.29 is 33.3 Å². The summed E-state index contributed by atoms with van der Waals surface area (Å²) in [5.41, 5.74) is 0.530. The number of halogens is 2. The van der Waals surface area contributed by atoms with Crippen LogP contribution in [0, 0.1) is 0 Å². The van der Waals surface area contributed by atoms with Crippen molar-refractivity contribution in [2.24, 2.45) is 0 Å². The first-order valence-corrected chi connectivity index (χ1v) is 9.98. The highest BCUT2D eigenvalue weighted by Gasteiger charge is 2.20. The van der Waals surface area contributed by atoms with Gasteiger partial charge in [-0.1, -0.05) is 23.2 Å². The number of nitrogens with one attached hydrogen (secondary N) is 2. The van der Waals surface area contributed by atoms with Crippen LogP contribution in [0.1, 0.15) is 17.3 Å². The van der Waals surface area contributed by atoms with Gasteiger partial charge in [0.05, 0.1) is 21.3 Å². The highest BCUT2D eigenvalue weighted by Crippen LogP contribution is 2.38. The first-order valence-electron chi connectivity index (χ1n) is 9.23. The summed E-state index contributed by atoms with van der Waals surface area (Å²) in [7, 11) is 4.27. The minimum Gasteiger partial charge on any atom is -0.493 e. The predicted molar refractivity (Wildman–Crippen MR) is 119 cm³/mol. The largest absolute Gasteiger partial charge is 0.493 e. The van der Waals surface area contributed by atoms with Gasteiger partial charge in [-0.05, 0) is 37.3 Å². The van der Waals surface area contributed by atoms with Crippen molar-refractivity contribution in [2.45, 2.75) is 13.0 Å². The van der Waals surface area contributed by atoms with Crippen molar-refractivity contribution in [3.05, 3.63) is 45.9 Å². The molecule has 0 saturated heterocycles. The van der Waals surface area contributed by atoms with Crippen molar-refractivity contribution in [1.29, 1.82) is 0 Å². The Hall–Kier alpha value is -3.17. The van der Waals surface area contributed by atoms with Crippen LogP contribution >= 0.6 is 23.2 Å². The Labute approximate surface area is 194 Å². The SMILES string of the molecule is COc1cc(C(=O)NCC(=O)OC(C)C(=O)Nc2cc(Cl)cc(Cl)c2)cc(OC)c1OC. The molecular weight excluding hydrogens is 463 g/mol. The number of carbonyl (C=O) groups is 3. The van der Waals surface area contributed by atoms with Gasteiger partial charge in [-0.15, -0.1) is 0 Å². The van der Waals surface area contributed by atoms with Crippen LogP contribution in [0.15, 0.2) is 30.3 Å². The molecular formula is C21H22Cl2N2O7. The van der Waals surface area contributed by atoms with Gasteiger partial charge in [-0.2, -0.15) is 0 Å². The predicted octanol–water partition coefficient (Wildman–Crippen LogP) is 3.32. The molecule has 0 heterocycles. The number of hydrogen-bond acceptors (Lipinski definition) is 7. The molecule has 2 rings (SSSR count). The molecule has 1 atom stereocenters. The molecule has 2 N–H and O–H groups in total. The van der Waals surface area contributed by atoms with Crippen LogP contribution < -0.4 is 24.8 Å². The summed E-state index contributed by atoms with van der Waals surface area (Å²) in [5, 5.41) is 5.64. The van der Waals surface area contributed by atoms with E-state index >= 15 is 0 Å². The first-order chi connectivity index (χ1) is 15.2. The van der Waals surface area contributed by atoms with E-state index in [0.717, 1.165) is 0 Å². The van der Waals surface area contributed by atoms with Gasteiger partial charge >= 0.3 is 5.97 Å². The molecule has 2 amide bonds. The van der Waals surface area contributed by atoms with Crippen LogP contribution in [0.25, 0.3) is 0 Å². The molecule has 2 aromatic rings. The van der Waals surface area contributed by atoms with Crippen molar-refractivity contribution in [2.75, 3.05) is 33.2 Å². The zero-order valence-corrected chi connectivity index (χ0v) is 19.3. The van der Waals surface area contributed by atoms with Crippen LogP contribution in [-0.2, 0) is 14.3 Å². The van der Waals surface area contributed by atoms with E-state index < -0.39 is 30.4 Å². The average Bonchev–Trinajstić information content (AvgIpc) is 2.75. The summed E-state index contributed by atoms with van der Waals surface area (Å²) < 4.78 is 20.7. The van der Waals surface area contributed by atoms with E-state index in [1.165, 1.54) is 58.6 Å². The second-order valence-electron chi connectivity index (χ2n) is 6.38.